The number of carboxylic acids is 6. The van der Waals surface area contributed by atoms with Crippen molar-refractivity contribution >= 4 is 101 Å². The third kappa shape index (κ3) is 20.4. The van der Waals surface area contributed by atoms with Gasteiger partial charge in [-0.2, -0.15) is 0 Å². The van der Waals surface area contributed by atoms with Crippen LogP contribution in [-0.4, -0.2) is 75.7 Å². The Morgan fingerprint density at radius 1 is 0.333 bits per heavy atom. The number of carbonyl (C=O) groups is 6. The number of benzene rings is 4. The topological polar surface area (TPSA) is 350 Å². The Balaban J connectivity index is 0.000000492. The van der Waals surface area contributed by atoms with Crippen LogP contribution in [0, 0.1) is 80.8 Å². The molecule has 0 unspecified atom stereocenters. The van der Waals surface area contributed by atoms with E-state index in [-0.39, 0.29) is 80.8 Å². The van der Waals surface area contributed by atoms with Gasteiger partial charge in [0.1, 0.15) is 11.6 Å². The van der Waals surface area contributed by atoms with E-state index < -0.39 is 35.8 Å². The van der Waals surface area contributed by atoms with Crippen molar-refractivity contribution in [3.8, 4) is 22.8 Å². The molecule has 22 heteroatoms. The van der Waals surface area contributed by atoms with Gasteiger partial charge >= 0.3 is 80.8 Å². The number of H-pyrrole nitrogens is 2. The van der Waals surface area contributed by atoms with Gasteiger partial charge in [-0.25, -0.2) is 9.97 Å². The fraction of sp³-hybridized carbons (Fsp3) is 0.120. The van der Waals surface area contributed by atoms with Crippen molar-refractivity contribution in [2.24, 2.45) is 0 Å². The summed E-state index contributed by atoms with van der Waals surface area (Å²) in [5.41, 5.74) is 9.61. The van der Waals surface area contributed by atoms with Crippen molar-refractivity contribution < 1.29 is 140 Å². The molecule has 0 bridgehead atoms. The molecule has 0 amide bonds. The van der Waals surface area contributed by atoms with E-state index in [4.69, 9.17) is 69.4 Å². The molecule has 0 fully saturated rings. The minimum absolute atomic E-state index is 0. The summed E-state index contributed by atoms with van der Waals surface area (Å²) in [6.45, 7) is 5.83. The number of rotatable bonds is 2. The van der Waals surface area contributed by atoms with Crippen LogP contribution in [0.5, 0.6) is 0 Å². The first-order chi connectivity index (χ1) is 33.2. The van der Waals surface area contributed by atoms with Gasteiger partial charge in [-0.15, -0.1) is 0 Å². The van der Waals surface area contributed by atoms with Crippen LogP contribution in [0.4, 0.5) is 0 Å². The number of hydrogen-bond acceptors (Lipinski definition) is 18. The van der Waals surface area contributed by atoms with E-state index in [0.717, 1.165) is 130 Å². The maximum absolute atomic E-state index is 8.89. The zero-order valence-electron chi connectivity index (χ0n) is 39.1. The first kappa shape index (κ1) is 63.0. The molecule has 6 aromatic heterocycles. The molecule has 4 aromatic carbocycles. The second-order valence-electron chi connectivity index (χ2n) is 13.9. The van der Waals surface area contributed by atoms with Gasteiger partial charge in [-0.05, 0) is 90.1 Å². The van der Waals surface area contributed by atoms with Gasteiger partial charge in [0.15, 0.2) is 0 Å². The molecular weight excluding hydrogens is 1210 g/mol. The molecule has 20 nitrogen and oxygen atoms in total. The van der Waals surface area contributed by atoms with Gasteiger partial charge in [-0.1, -0.05) is 60.7 Å². The van der Waals surface area contributed by atoms with Crippen molar-refractivity contribution in [1.29, 1.82) is 0 Å². The summed E-state index contributed by atoms with van der Waals surface area (Å²) in [7, 11) is 0. The first-order valence-electron chi connectivity index (χ1n) is 20.4. The fourth-order valence-corrected chi connectivity index (χ4v) is 6.15. The molecule has 0 spiro atoms. The minimum atomic E-state index is -1.08. The molecular formula is C50H42N8O12Sm2. The molecule has 0 aliphatic heterocycles. The number of aromatic amines is 2. The third-order valence-electron chi connectivity index (χ3n) is 8.23. The number of hydrogen-bond donors (Lipinski definition) is 2. The van der Waals surface area contributed by atoms with E-state index >= 15 is 0 Å². The average molecular weight is 1250 g/mol. The quantitative estimate of drug-likeness (QED) is 0.230. The third-order valence-corrected chi connectivity index (χ3v) is 8.23. The van der Waals surface area contributed by atoms with Crippen molar-refractivity contribution in [3.05, 3.63) is 134 Å². The van der Waals surface area contributed by atoms with Gasteiger partial charge in [-0.3, -0.25) is 19.9 Å². The summed E-state index contributed by atoms with van der Waals surface area (Å²) >= 11 is 0. The Hall–Kier alpha value is -7.04. The standard InChI is InChI=1S/2C19H12N4.6C2H4O2.2Sm/c2*1-2-6-12(7-3-1)19-22-17-13-8-4-10-20-15(13)16-14(18(17)23-19)9-5-11-21-16;6*1-2(3)4;;/h2*1-11H,(H,22,23);6*1H3,(H,3,4);;/q;;;;;;;;2*+3/p-6. The predicted molar refractivity (Wildman–Crippen MR) is 248 cm³/mol. The molecule has 0 atom stereocenters. The molecule has 2 radical (unpaired) electrons. The normalized spacial score (nSPS) is 9.42. The Labute approximate surface area is 475 Å². The monoisotopic (exact) mass is 1250 g/mol. The number of carbonyl (C=O) groups excluding carboxylic acids is 6. The van der Waals surface area contributed by atoms with E-state index in [2.05, 4.69) is 78.4 Å². The van der Waals surface area contributed by atoms with E-state index in [1.807, 2.05) is 60.7 Å². The predicted octanol–water partition coefficient (Wildman–Crippen LogP) is 1.19. The number of nitrogens with one attached hydrogen (secondary N) is 2. The summed E-state index contributed by atoms with van der Waals surface area (Å²) in [6.07, 6.45) is 7.20. The summed E-state index contributed by atoms with van der Waals surface area (Å²) in [4.78, 5) is 88.1. The number of aliphatic carboxylic acids is 6. The van der Waals surface area contributed by atoms with Crippen molar-refractivity contribution in [1.82, 2.24) is 39.9 Å². The molecule has 10 aromatic rings. The van der Waals surface area contributed by atoms with Crippen LogP contribution in [0.3, 0.4) is 0 Å². The summed E-state index contributed by atoms with van der Waals surface area (Å²) in [6, 6.07) is 36.3. The Kier molecular flexibility index (Phi) is 28.0. The molecule has 366 valence electrons. The number of carboxylic acid groups (broad SMARTS) is 6. The second-order valence-corrected chi connectivity index (χ2v) is 13.9. The molecule has 0 aliphatic carbocycles. The van der Waals surface area contributed by atoms with Crippen molar-refractivity contribution in [3.63, 3.8) is 0 Å². The molecule has 0 saturated carbocycles. The van der Waals surface area contributed by atoms with Crippen LogP contribution in [0.25, 0.3) is 88.5 Å². The molecule has 2 N–H and O–H groups in total. The number of imidazole rings is 2. The first-order valence-corrected chi connectivity index (χ1v) is 20.4. The number of nitrogens with zero attached hydrogens (tertiary/aromatic N) is 6. The van der Waals surface area contributed by atoms with Crippen molar-refractivity contribution in [2.75, 3.05) is 0 Å². The van der Waals surface area contributed by atoms with Crippen LogP contribution in [0.15, 0.2) is 134 Å². The summed E-state index contributed by atoms with van der Waals surface area (Å²) in [5.74, 6) is -4.77. The molecule has 0 saturated heterocycles. The molecule has 0 aliphatic rings. The van der Waals surface area contributed by atoms with Gasteiger partial charge in [0, 0.05) is 93.3 Å². The Morgan fingerprint density at radius 2 is 0.556 bits per heavy atom. The maximum Gasteiger partial charge on any atom is 3.00 e. The number of pyridine rings is 4. The fourth-order valence-electron chi connectivity index (χ4n) is 6.15. The number of fused-ring (bicyclic) bond motifs is 12. The SMILES string of the molecule is CC(=O)[O-].CC(=O)[O-].CC(=O)[O-].CC(=O)[O-].CC(=O)[O-].CC(=O)[O-].[Sm+3].[Sm+3].c1ccc(-c2nc3c4cccnc4c4ncccc4c3[nH]2)cc1.c1ccc(-c2nc3c4cccnc4c4ncccc4c3[nH]2)cc1. The van der Waals surface area contributed by atoms with E-state index in [1.54, 1.807) is 24.8 Å². The molecule has 6 heterocycles. The van der Waals surface area contributed by atoms with E-state index in [9.17, 15) is 0 Å². The Morgan fingerprint density at radius 3 is 0.806 bits per heavy atom. The Bertz CT molecular complexity index is 2940. The van der Waals surface area contributed by atoms with Crippen LogP contribution in [0.2, 0.25) is 0 Å². The molecule has 72 heavy (non-hydrogen) atoms. The maximum atomic E-state index is 8.89. The van der Waals surface area contributed by atoms with Crippen LogP contribution >= 0.6 is 0 Å². The van der Waals surface area contributed by atoms with Gasteiger partial charge < -0.3 is 69.4 Å². The van der Waals surface area contributed by atoms with E-state index in [0.29, 0.717) is 0 Å². The smallest absolute Gasteiger partial charge is 0.550 e. The van der Waals surface area contributed by atoms with Crippen molar-refractivity contribution in [2.45, 2.75) is 41.5 Å². The summed E-state index contributed by atoms with van der Waals surface area (Å²) in [5, 5.41) is 57.5. The zero-order valence-corrected chi connectivity index (χ0v) is 44.3. The van der Waals surface area contributed by atoms with E-state index in [1.165, 1.54) is 0 Å². The van der Waals surface area contributed by atoms with Crippen LogP contribution in [-0.2, 0) is 28.8 Å². The minimum Gasteiger partial charge on any atom is -0.550 e. The van der Waals surface area contributed by atoms with Crippen LogP contribution in [0.1, 0.15) is 41.5 Å². The largest absolute Gasteiger partial charge is 3.00 e. The average Bonchev–Trinajstić information content (AvgIpc) is 3.97. The van der Waals surface area contributed by atoms with Crippen LogP contribution < -0.4 is 30.6 Å². The summed E-state index contributed by atoms with van der Waals surface area (Å²) < 4.78 is 0. The molecule has 10 rings (SSSR count). The zero-order chi connectivity index (χ0) is 51.9. The van der Waals surface area contributed by atoms with Gasteiger partial charge in [0.05, 0.1) is 44.1 Å². The number of aromatic nitrogens is 8. The second kappa shape index (κ2) is 32.0. The van der Waals surface area contributed by atoms with Gasteiger partial charge in [0.2, 0.25) is 0 Å². The van der Waals surface area contributed by atoms with Gasteiger partial charge in [0.25, 0.3) is 0 Å².